The average Bonchev–Trinajstić information content (AvgIpc) is 3.55. The topological polar surface area (TPSA) is 17.8 Å². The molecule has 0 fully saturated rings. The van der Waals surface area contributed by atoms with Crippen LogP contribution in [0.4, 0.5) is 0 Å². The Morgan fingerprint density at radius 3 is 1.67 bits per heavy atom. The zero-order valence-electron chi connectivity index (χ0n) is 26.5. The molecule has 0 bridgehead atoms. The molecule has 48 heavy (non-hydrogen) atoms. The van der Waals surface area contributed by atoms with E-state index in [-0.39, 0.29) is 0 Å². The van der Waals surface area contributed by atoms with Gasteiger partial charge in [-0.25, -0.2) is 4.98 Å². The fourth-order valence-electron chi connectivity index (χ4n) is 7.97. The van der Waals surface area contributed by atoms with Crippen molar-refractivity contribution in [1.82, 2.24) is 9.55 Å². The van der Waals surface area contributed by atoms with Crippen molar-refractivity contribution in [1.29, 1.82) is 0 Å². The monoisotopic (exact) mass is 610 g/mol. The molecule has 0 aliphatic carbocycles. The minimum absolute atomic E-state index is 0.951. The van der Waals surface area contributed by atoms with Gasteiger partial charge in [-0.1, -0.05) is 146 Å². The summed E-state index contributed by atoms with van der Waals surface area (Å²) < 4.78 is 2.35. The summed E-state index contributed by atoms with van der Waals surface area (Å²) >= 11 is 0. The van der Waals surface area contributed by atoms with Crippen molar-refractivity contribution >= 4 is 64.9 Å². The fraction of sp³-hybridized carbons (Fsp3) is 0.0217. The van der Waals surface area contributed by atoms with Crippen LogP contribution in [0.2, 0.25) is 0 Å². The number of para-hydroxylation sites is 1. The summed E-state index contributed by atoms with van der Waals surface area (Å²) in [7, 11) is 0. The molecule has 0 spiro atoms. The molecule has 0 atom stereocenters. The second kappa shape index (κ2) is 10.4. The van der Waals surface area contributed by atoms with E-state index >= 15 is 0 Å². The highest BCUT2D eigenvalue weighted by atomic mass is 15.1. The first-order chi connectivity index (χ1) is 23.8. The molecular weight excluding hydrogens is 581 g/mol. The standard InChI is InChI=1S/C46H30N2/c1-29-14-13-25-43-45(29)47-46(30-15-3-2-4-16-30)48(43)42-27-26-36(32-18-7-10-22-37(32)42)40-28-41-34-20-6-5-17-31(34)33-19-8-11-23-38(33)44(41)39-24-12-9-21-35(39)40/h2-28H,1H3. The van der Waals surface area contributed by atoms with Gasteiger partial charge in [0.15, 0.2) is 0 Å². The van der Waals surface area contributed by atoms with Gasteiger partial charge in [0, 0.05) is 10.9 Å². The molecule has 0 saturated carbocycles. The summed E-state index contributed by atoms with van der Waals surface area (Å²) in [4.78, 5) is 5.24. The Hall–Kier alpha value is -6.25. The highest BCUT2D eigenvalue weighted by Crippen LogP contribution is 2.45. The van der Waals surface area contributed by atoms with Crippen molar-refractivity contribution in [3.05, 3.63) is 169 Å². The molecule has 0 unspecified atom stereocenters. The van der Waals surface area contributed by atoms with E-state index in [2.05, 4.69) is 175 Å². The van der Waals surface area contributed by atoms with Crippen LogP contribution in [0.15, 0.2) is 164 Å². The molecule has 2 heteroatoms. The van der Waals surface area contributed by atoms with Gasteiger partial charge in [-0.05, 0) is 90.3 Å². The first-order valence-electron chi connectivity index (χ1n) is 16.6. The number of hydrogen-bond donors (Lipinski definition) is 0. The maximum Gasteiger partial charge on any atom is 0.145 e. The molecule has 0 aliphatic rings. The van der Waals surface area contributed by atoms with Crippen LogP contribution in [0.1, 0.15) is 5.56 Å². The number of aryl methyl sites for hydroxylation is 1. The van der Waals surface area contributed by atoms with Crippen molar-refractivity contribution in [3.8, 4) is 28.2 Å². The van der Waals surface area contributed by atoms with E-state index in [1.54, 1.807) is 0 Å². The Labute approximate surface area is 278 Å². The van der Waals surface area contributed by atoms with Crippen LogP contribution in [0, 0.1) is 6.92 Å². The Bertz CT molecular complexity index is 2900. The number of fused-ring (bicyclic) bond motifs is 10. The van der Waals surface area contributed by atoms with E-state index in [0.717, 1.165) is 28.1 Å². The lowest BCUT2D eigenvalue weighted by molar-refractivity contribution is 1.11. The highest BCUT2D eigenvalue weighted by molar-refractivity contribution is 6.33. The van der Waals surface area contributed by atoms with E-state index in [1.807, 2.05) is 0 Å². The quantitative estimate of drug-likeness (QED) is 0.182. The lowest BCUT2D eigenvalue weighted by Gasteiger charge is -2.19. The normalized spacial score (nSPS) is 11.9. The van der Waals surface area contributed by atoms with Crippen LogP contribution in [-0.4, -0.2) is 9.55 Å². The van der Waals surface area contributed by atoms with Gasteiger partial charge >= 0.3 is 0 Å². The second-order valence-electron chi connectivity index (χ2n) is 12.7. The lowest BCUT2D eigenvalue weighted by atomic mass is 9.86. The maximum atomic E-state index is 5.24. The summed E-state index contributed by atoms with van der Waals surface area (Å²) in [5.74, 6) is 0.951. The van der Waals surface area contributed by atoms with E-state index < -0.39 is 0 Å². The van der Waals surface area contributed by atoms with Crippen molar-refractivity contribution < 1.29 is 0 Å². The Morgan fingerprint density at radius 2 is 0.958 bits per heavy atom. The summed E-state index contributed by atoms with van der Waals surface area (Å²) in [6.07, 6.45) is 0. The summed E-state index contributed by atoms with van der Waals surface area (Å²) in [5, 5.41) is 12.7. The second-order valence-corrected chi connectivity index (χ2v) is 12.7. The molecule has 0 saturated heterocycles. The summed E-state index contributed by atoms with van der Waals surface area (Å²) in [6, 6.07) is 59.6. The van der Waals surface area contributed by atoms with E-state index in [9.17, 15) is 0 Å². The van der Waals surface area contributed by atoms with Crippen molar-refractivity contribution in [2.24, 2.45) is 0 Å². The van der Waals surface area contributed by atoms with Crippen LogP contribution >= 0.6 is 0 Å². The molecule has 224 valence electrons. The van der Waals surface area contributed by atoms with Crippen LogP contribution in [0.3, 0.4) is 0 Å². The van der Waals surface area contributed by atoms with E-state index in [4.69, 9.17) is 4.98 Å². The number of imidazole rings is 1. The minimum atomic E-state index is 0.951. The fourth-order valence-corrected chi connectivity index (χ4v) is 7.97. The molecule has 0 N–H and O–H groups in total. The summed E-state index contributed by atoms with van der Waals surface area (Å²) in [5.41, 5.74) is 8.02. The first kappa shape index (κ1) is 26.9. The molecule has 2 nitrogen and oxygen atoms in total. The molecule has 10 rings (SSSR count). The van der Waals surface area contributed by atoms with Gasteiger partial charge in [0.25, 0.3) is 0 Å². The Morgan fingerprint density at radius 1 is 0.417 bits per heavy atom. The minimum Gasteiger partial charge on any atom is -0.292 e. The predicted octanol–water partition coefficient (Wildman–Crippen LogP) is 12.4. The average molecular weight is 611 g/mol. The number of rotatable bonds is 3. The number of benzene rings is 9. The van der Waals surface area contributed by atoms with Crippen LogP contribution < -0.4 is 0 Å². The molecule has 0 radical (unpaired) electrons. The Balaban J connectivity index is 1.32. The molecule has 0 aliphatic heterocycles. The zero-order valence-corrected chi connectivity index (χ0v) is 26.5. The zero-order chi connectivity index (χ0) is 31.8. The van der Waals surface area contributed by atoms with Crippen molar-refractivity contribution in [2.75, 3.05) is 0 Å². The molecule has 9 aromatic carbocycles. The largest absolute Gasteiger partial charge is 0.292 e. The Kier molecular flexibility index (Phi) is 5.82. The van der Waals surface area contributed by atoms with Gasteiger partial charge in [0.2, 0.25) is 0 Å². The molecule has 1 aromatic heterocycles. The van der Waals surface area contributed by atoms with Crippen LogP contribution in [0.25, 0.3) is 93.1 Å². The van der Waals surface area contributed by atoms with Gasteiger partial charge in [-0.2, -0.15) is 0 Å². The van der Waals surface area contributed by atoms with Gasteiger partial charge in [0.1, 0.15) is 5.82 Å². The number of aromatic nitrogens is 2. The third-order valence-electron chi connectivity index (χ3n) is 10.1. The van der Waals surface area contributed by atoms with Crippen LogP contribution in [-0.2, 0) is 0 Å². The molecule has 1 heterocycles. The smallest absolute Gasteiger partial charge is 0.145 e. The maximum absolute atomic E-state index is 5.24. The van der Waals surface area contributed by atoms with Crippen molar-refractivity contribution in [3.63, 3.8) is 0 Å². The van der Waals surface area contributed by atoms with E-state index in [0.29, 0.717) is 0 Å². The molecule has 10 aromatic rings. The lowest BCUT2D eigenvalue weighted by Crippen LogP contribution is -1.99. The summed E-state index contributed by atoms with van der Waals surface area (Å²) in [6.45, 7) is 2.15. The SMILES string of the molecule is Cc1cccc2c1nc(-c1ccccc1)n2-c1ccc(-c2cc3c4ccccc4c4ccccc4c3c3ccccc23)c2ccccc12. The van der Waals surface area contributed by atoms with Crippen molar-refractivity contribution in [2.45, 2.75) is 6.92 Å². The third kappa shape index (κ3) is 3.84. The number of hydrogen-bond acceptors (Lipinski definition) is 1. The predicted molar refractivity (Wildman–Crippen MR) is 204 cm³/mol. The third-order valence-corrected chi connectivity index (χ3v) is 10.1. The van der Waals surface area contributed by atoms with Gasteiger partial charge in [-0.15, -0.1) is 0 Å². The molecule has 0 amide bonds. The van der Waals surface area contributed by atoms with E-state index in [1.165, 1.54) is 70.6 Å². The van der Waals surface area contributed by atoms with Gasteiger partial charge in [0.05, 0.1) is 16.7 Å². The van der Waals surface area contributed by atoms with Crippen LogP contribution in [0.5, 0.6) is 0 Å². The number of nitrogens with zero attached hydrogens (tertiary/aromatic N) is 2. The van der Waals surface area contributed by atoms with Gasteiger partial charge < -0.3 is 0 Å². The molecular formula is C46H30N2. The highest BCUT2D eigenvalue weighted by Gasteiger charge is 2.20. The first-order valence-corrected chi connectivity index (χ1v) is 16.6. The van der Waals surface area contributed by atoms with Gasteiger partial charge in [-0.3, -0.25) is 4.57 Å².